The monoisotopic (exact) mass is 409 g/mol. The van der Waals surface area contributed by atoms with Gasteiger partial charge in [-0.1, -0.05) is 42.5 Å². The second kappa shape index (κ2) is 10.9. The average Bonchev–Trinajstić information content (AvgIpc) is 3.18. The summed E-state index contributed by atoms with van der Waals surface area (Å²) in [6.07, 6.45) is 2.45. The number of rotatable bonds is 9. The summed E-state index contributed by atoms with van der Waals surface area (Å²) in [6, 6.07) is 16.4. The van der Waals surface area contributed by atoms with E-state index in [0.717, 1.165) is 37.1 Å². The van der Waals surface area contributed by atoms with Crippen LogP contribution >= 0.6 is 0 Å². The molecule has 1 saturated heterocycles. The van der Waals surface area contributed by atoms with Gasteiger partial charge in [-0.3, -0.25) is 14.9 Å². The van der Waals surface area contributed by atoms with E-state index in [4.69, 9.17) is 0 Å². The molecule has 1 amide bonds. The minimum Gasteiger partial charge on any atom is -0.356 e. The molecule has 1 aliphatic rings. The number of benzene rings is 2. The van der Waals surface area contributed by atoms with Gasteiger partial charge < -0.3 is 15.5 Å². The molecule has 0 saturated carbocycles. The van der Waals surface area contributed by atoms with Crippen LogP contribution < -0.4 is 10.6 Å². The molecule has 1 aliphatic heterocycles. The molecule has 0 radical (unpaired) electrons. The van der Waals surface area contributed by atoms with Crippen molar-refractivity contribution in [3.63, 3.8) is 0 Å². The van der Waals surface area contributed by atoms with Crippen molar-refractivity contribution in [1.82, 2.24) is 15.5 Å². The Morgan fingerprint density at radius 2 is 1.83 bits per heavy atom. The van der Waals surface area contributed by atoms with Crippen molar-refractivity contribution in [2.45, 2.75) is 32.4 Å². The summed E-state index contributed by atoms with van der Waals surface area (Å²) < 4.78 is 0. The van der Waals surface area contributed by atoms with Gasteiger partial charge in [0.05, 0.1) is 11.5 Å². The molecule has 158 valence electrons. The Balaban J connectivity index is 1.54. The SMILES string of the molecule is O=C1CCCN1CCCNC(=NCc1ccccc1)NCc1ccc([N+](=O)[O-])cc1. The molecule has 8 nitrogen and oxygen atoms in total. The molecule has 2 N–H and O–H groups in total. The lowest BCUT2D eigenvalue weighted by Crippen LogP contribution is -2.38. The van der Waals surface area contributed by atoms with Gasteiger partial charge in [0, 0.05) is 44.7 Å². The molecule has 1 heterocycles. The van der Waals surface area contributed by atoms with Crippen LogP contribution in [-0.4, -0.2) is 41.3 Å². The van der Waals surface area contributed by atoms with E-state index < -0.39 is 4.92 Å². The smallest absolute Gasteiger partial charge is 0.269 e. The van der Waals surface area contributed by atoms with Crippen molar-refractivity contribution in [3.8, 4) is 0 Å². The quantitative estimate of drug-likeness (QED) is 0.218. The molecule has 0 aromatic heterocycles. The maximum Gasteiger partial charge on any atom is 0.269 e. The molecule has 3 rings (SSSR count). The number of nitrogens with one attached hydrogen (secondary N) is 2. The van der Waals surface area contributed by atoms with Gasteiger partial charge in [0.1, 0.15) is 0 Å². The second-order valence-corrected chi connectivity index (χ2v) is 7.19. The summed E-state index contributed by atoms with van der Waals surface area (Å²) in [6.45, 7) is 3.35. The van der Waals surface area contributed by atoms with Crippen LogP contribution in [0.25, 0.3) is 0 Å². The van der Waals surface area contributed by atoms with Crippen LogP contribution in [-0.2, 0) is 17.9 Å². The Morgan fingerprint density at radius 3 is 2.50 bits per heavy atom. The van der Waals surface area contributed by atoms with Gasteiger partial charge in [0.25, 0.3) is 5.69 Å². The highest BCUT2D eigenvalue weighted by Crippen LogP contribution is 2.12. The fraction of sp³-hybridized carbons (Fsp3) is 0.364. The van der Waals surface area contributed by atoms with Gasteiger partial charge in [0.15, 0.2) is 5.96 Å². The number of non-ortho nitro benzene ring substituents is 1. The third-order valence-electron chi connectivity index (χ3n) is 4.94. The zero-order chi connectivity index (χ0) is 21.2. The van der Waals surface area contributed by atoms with Crippen LogP contribution in [0.15, 0.2) is 59.6 Å². The fourth-order valence-corrected chi connectivity index (χ4v) is 3.27. The number of carbonyl (C=O) groups is 1. The highest BCUT2D eigenvalue weighted by molar-refractivity contribution is 5.80. The Bertz CT molecular complexity index is 868. The van der Waals surface area contributed by atoms with E-state index in [1.807, 2.05) is 35.2 Å². The molecule has 30 heavy (non-hydrogen) atoms. The molecular formula is C22H27N5O3. The van der Waals surface area contributed by atoms with E-state index in [0.29, 0.717) is 32.0 Å². The fourth-order valence-electron chi connectivity index (χ4n) is 3.27. The first-order valence-electron chi connectivity index (χ1n) is 10.2. The molecule has 2 aromatic carbocycles. The summed E-state index contributed by atoms with van der Waals surface area (Å²) >= 11 is 0. The highest BCUT2D eigenvalue weighted by atomic mass is 16.6. The predicted molar refractivity (Wildman–Crippen MR) is 116 cm³/mol. The molecular weight excluding hydrogens is 382 g/mol. The molecule has 0 spiro atoms. The highest BCUT2D eigenvalue weighted by Gasteiger charge is 2.18. The van der Waals surface area contributed by atoms with Crippen molar-refractivity contribution >= 4 is 17.6 Å². The normalized spacial score (nSPS) is 14.1. The van der Waals surface area contributed by atoms with Crippen molar-refractivity contribution < 1.29 is 9.72 Å². The Morgan fingerprint density at radius 1 is 1.07 bits per heavy atom. The molecule has 8 heteroatoms. The number of guanidine groups is 1. The molecule has 2 aromatic rings. The molecule has 0 atom stereocenters. The third-order valence-corrected chi connectivity index (χ3v) is 4.94. The minimum atomic E-state index is -0.406. The summed E-state index contributed by atoms with van der Waals surface area (Å²) in [4.78, 5) is 28.7. The zero-order valence-electron chi connectivity index (χ0n) is 16.9. The summed E-state index contributed by atoms with van der Waals surface area (Å²) in [5.41, 5.74) is 2.11. The lowest BCUT2D eigenvalue weighted by Gasteiger charge is -2.17. The average molecular weight is 409 g/mol. The number of amides is 1. The Kier molecular flexibility index (Phi) is 7.77. The number of nitro groups is 1. The first-order valence-corrected chi connectivity index (χ1v) is 10.2. The van der Waals surface area contributed by atoms with Crippen LogP contribution in [0.4, 0.5) is 5.69 Å². The topological polar surface area (TPSA) is 99.9 Å². The van der Waals surface area contributed by atoms with Gasteiger partial charge in [-0.25, -0.2) is 4.99 Å². The number of likely N-dealkylation sites (tertiary alicyclic amines) is 1. The molecule has 0 aliphatic carbocycles. The number of hydrogen-bond donors (Lipinski definition) is 2. The number of aliphatic imine (C=N–C) groups is 1. The van der Waals surface area contributed by atoms with Crippen molar-refractivity contribution in [3.05, 3.63) is 75.8 Å². The van der Waals surface area contributed by atoms with E-state index in [-0.39, 0.29) is 11.6 Å². The molecule has 0 unspecified atom stereocenters. The summed E-state index contributed by atoms with van der Waals surface area (Å²) in [5.74, 6) is 0.911. The van der Waals surface area contributed by atoms with Crippen molar-refractivity contribution in [1.29, 1.82) is 0 Å². The number of nitro benzene ring substituents is 1. The van der Waals surface area contributed by atoms with Crippen LogP contribution in [0.5, 0.6) is 0 Å². The lowest BCUT2D eigenvalue weighted by atomic mass is 10.2. The zero-order valence-corrected chi connectivity index (χ0v) is 16.9. The van der Waals surface area contributed by atoms with Crippen LogP contribution in [0.1, 0.15) is 30.4 Å². The van der Waals surface area contributed by atoms with Gasteiger partial charge in [-0.15, -0.1) is 0 Å². The molecule has 1 fully saturated rings. The Hall–Kier alpha value is -3.42. The van der Waals surface area contributed by atoms with Gasteiger partial charge in [-0.05, 0) is 24.0 Å². The minimum absolute atomic E-state index is 0.0753. The van der Waals surface area contributed by atoms with Crippen molar-refractivity contribution in [2.75, 3.05) is 19.6 Å². The van der Waals surface area contributed by atoms with Gasteiger partial charge in [-0.2, -0.15) is 0 Å². The number of hydrogen-bond acceptors (Lipinski definition) is 4. The van der Waals surface area contributed by atoms with E-state index in [1.54, 1.807) is 12.1 Å². The van der Waals surface area contributed by atoms with Gasteiger partial charge in [0.2, 0.25) is 5.91 Å². The van der Waals surface area contributed by atoms with E-state index >= 15 is 0 Å². The number of carbonyl (C=O) groups excluding carboxylic acids is 1. The van der Waals surface area contributed by atoms with Crippen LogP contribution in [0.2, 0.25) is 0 Å². The molecule has 0 bridgehead atoms. The predicted octanol–water partition coefficient (Wildman–Crippen LogP) is 2.84. The Labute approximate surface area is 176 Å². The standard InChI is InChI=1S/C22H27N5O3/c28-21-8-4-14-26(21)15-5-13-23-22(24-16-18-6-2-1-3-7-18)25-17-19-9-11-20(12-10-19)27(29)30/h1-3,6-7,9-12H,4-5,8,13-17H2,(H2,23,24,25). The van der Waals surface area contributed by atoms with E-state index in [1.165, 1.54) is 12.1 Å². The number of nitrogens with zero attached hydrogens (tertiary/aromatic N) is 3. The lowest BCUT2D eigenvalue weighted by molar-refractivity contribution is -0.384. The van der Waals surface area contributed by atoms with Crippen LogP contribution in [0, 0.1) is 10.1 Å². The van der Waals surface area contributed by atoms with E-state index in [2.05, 4.69) is 15.6 Å². The van der Waals surface area contributed by atoms with Gasteiger partial charge >= 0.3 is 0 Å². The summed E-state index contributed by atoms with van der Waals surface area (Å²) in [7, 11) is 0. The second-order valence-electron chi connectivity index (χ2n) is 7.19. The van der Waals surface area contributed by atoms with E-state index in [9.17, 15) is 14.9 Å². The maximum atomic E-state index is 11.7. The summed E-state index contributed by atoms with van der Waals surface area (Å²) in [5, 5.41) is 17.4. The first-order chi connectivity index (χ1) is 14.6. The first kappa shape index (κ1) is 21.3. The van der Waals surface area contributed by atoms with Crippen LogP contribution in [0.3, 0.4) is 0 Å². The third kappa shape index (κ3) is 6.58. The maximum absolute atomic E-state index is 11.7. The van der Waals surface area contributed by atoms with Crippen molar-refractivity contribution in [2.24, 2.45) is 4.99 Å². The largest absolute Gasteiger partial charge is 0.356 e.